The van der Waals surface area contributed by atoms with Crippen LogP contribution in [0.5, 0.6) is 0 Å². The molecule has 0 radical (unpaired) electrons. The maximum absolute atomic E-state index is 11.8. The average Bonchev–Trinajstić information content (AvgIpc) is 2.81. The minimum Gasteiger partial charge on any atom is -0.381 e. The van der Waals surface area contributed by atoms with Gasteiger partial charge >= 0.3 is 0 Å². The van der Waals surface area contributed by atoms with E-state index in [4.69, 9.17) is 9.47 Å². The second kappa shape index (κ2) is 5.87. The summed E-state index contributed by atoms with van der Waals surface area (Å²) in [6.45, 7) is 3.13. The van der Waals surface area contributed by atoms with Crippen molar-refractivity contribution in [1.82, 2.24) is 0 Å². The molecule has 2 saturated heterocycles. The Morgan fingerprint density at radius 1 is 1.13 bits per heavy atom. The minimum absolute atomic E-state index is 0.178. The molecule has 3 nitrogen and oxygen atoms in total. The Morgan fingerprint density at radius 3 is 2.53 bits per heavy atom. The van der Waals surface area contributed by atoms with Gasteiger partial charge in [-0.1, -0.05) is 0 Å². The van der Waals surface area contributed by atoms with Crippen LogP contribution in [0.15, 0.2) is 0 Å². The second-order valence-corrected chi connectivity index (χ2v) is 5.44. The number of thioether (sulfide) groups is 1. The van der Waals surface area contributed by atoms with E-state index in [1.165, 1.54) is 0 Å². The van der Waals surface area contributed by atoms with E-state index >= 15 is 0 Å². The topological polar surface area (TPSA) is 35.5 Å². The second-order valence-electron chi connectivity index (χ2n) is 4.15. The maximum atomic E-state index is 11.8. The highest BCUT2D eigenvalue weighted by Crippen LogP contribution is 2.24. The van der Waals surface area contributed by atoms with Crippen molar-refractivity contribution in [3.05, 3.63) is 0 Å². The smallest absolute Gasteiger partial charge is 0.148 e. The van der Waals surface area contributed by atoms with Gasteiger partial charge in [-0.15, -0.1) is 0 Å². The molecule has 2 aliphatic rings. The summed E-state index contributed by atoms with van der Waals surface area (Å²) in [5, 5.41) is 0.630. The molecular formula is C11H18O3S. The number of ketones is 1. The lowest BCUT2D eigenvalue weighted by Gasteiger charge is -2.21. The summed E-state index contributed by atoms with van der Waals surface area (Å²) in [6, 6.07) is 0. The molecule has 86 valence electrons. The summed E-state index contributed by atoms with van der Waals surface area (Å²) in [6.07, 6.45) is 3.12. The molecule has 0 saturated carbocycles. The Balaban J connectivity index is 1.65. The molecule has 0 bridgehead atoms. The highest BCUT2D eigenvalue weighted by Gasteiger charge is 2.24. The van der Waals surface area contributed by atoms with Crippen LogP contribution >= 0.6 is 11.8 Å². The summed E-state index contributed by atoms with van der Waals surface area (Å²) < 4.78 is 10.5. The van der Waals surface area contributed by atoms with Gasteiger partial charge in [0, 0.05) is 31.0 Å². The first-order valence-corrected chi connectivity index (χ1v) is 6.71. The quantitative estimate of drug-likeness (QED) is 0.733. The zero-order valence-electron chi connectivity index (χ0n) is 8.94. The van der Waals surface area contributed by atoms with Crippen LogP contribution in [-0.4, -0.2) is 43.2 Å². The van der Waals surface area contributed by atoms with E-state index in [0.717, 1.165) is 39.1 Å². The van der Waals surface area contributed by atoms with E-state index in [2.05, 4.69) is 0 Å². The molecule has 15 heavy (non-hydrogen) atoms. The van der Waals surface area contributed by atoms with Crippen molar-refractivity contribution in [1.29, 1.82) is 0 Å². The number of Topliss-reactive ketones (excluding diaryl/α,β-unsaturated/α-hetero) is 1. The van der Waals surface area contributed by atoms with Crippen molar-refractivity contribution in [2.75, 3.05) is 32.2 Å². The average molecular weight is 230 g/mol. The molecule has 0 amide bonds. The van der Waals surface area contributed by atoms with Crippen LogP contribution in [0.2, 0.25) is 0 Å². The summed E-state index contributed by atoms with van der Waals surface area (Å²) >= 11 is 1.81. The molecule has 0 aromatic rings. The van der Waals surface area contributed by atoms with E-state index in [0.29, 0.717) is 23.4 Å². The van der Waals surface area contributed by atoms with Gasteiger partial charge < -0.3 is 9.47 Å². The van der Waals surface area contributed by atoms with Crippen molar-refractivity contribution in [3.63, 3.8) is 0 Å². The fraction of sp³-hybridized carbons (Fsp3) is 0.909. The van der Waals surface area contributed by atoms with Crippen LogP contribution in [0.3, 0.4) is 0 Å². The third-order valence-electron chi connectivity index (χ3n) is 3.01. The Bertz CT molecular complexity index is 208. The van der Waals surface area contributed by atoms with E-state index < -0.39 is 0 Å². The fourth-order valence-electron chi connectivity index (χ4n) is 1.95. The highest BCUT2D eigenvalue weighted by atomic mass is 32.2. The first-order chi connectivity index (χ1) is 7.36. The standard InChI is InChI=1S/C11H18O3S/c12-11(9-1-4-14-7-9)8-15-10-2-5-13-6-3-10/h9-10H,1-8H2. The normalized spacial score (nSPS) is 28.1. The molecule has 1 unspecified atom stereocenters. The van der Waals surface area contributed by atoms with Gasteiger partial charge in [-0.2, -0.15) is 11.8 Å². The van der Waals surface area contributed by atoms with Gasteiger partial charge in [0.2, 0.25) is 0 Å². The van der Waals surface area contributed by atoms with Gasteiger partial charge in [-0.05, 0) is 19.3 Å². The third-order valence-corrected chi connectivity index (χ3v) is 4.41. The molecule has 0 spiro atoms. The number of carbonyl (C=O) groups excluding carboxylic acids is 1. The van der Waals surface area contributed by atoms with Crippen LogP contribution in [0.25, 0.3) is 0 Å². The number of hydrogen-bond acceptors (Lipinski definition) is 4. The van der Waals surface area contributed by atoms with Crippen LogP contribution in [0.1, 0.15) is 19.3 Å². The van der Waals surface area contributed by atoms with Crippen molar-refractivity contribution in [3.8, 4) is 0 Å². The lowest BCUT2D eigenvalue weighted by Crippen LogP contribution is -2.22. The van der Waals surface area contributed by atoms with E-state index in [-0.39, 0.29) is 5.92 Å². The molecule has 0 aromatic carbocycles. The predicted molar refractivity (Wildman–Crippen MR) is 60.2 cm³/mol. The largest absolute Gasteiger partial charge is 0.381 e. The molecular weight excluding hydrogens is 212 g/mol. The molecule has 2 fully saturated rings. The lowest BCUT2D eigenvalue weighted by atomic mass is 10.1. The van der Waals surface area contributed by atoms with Gasteiger partial charge in [0.05, 0.1) is 12.4 Å². The van der Waals surface area contributed by atoms with Crippen LogP contribution in [-0.2, 0) is 14.3 Å². The molecule has 1 atom stereocenters. The molecule has 2 heterocycles. The van der Waals surface area contributed by atoms with E-state index in [1.807, 2.05) is 11.8 Å². The summed E-state index contributed by atoms with van der Waals surface area (Å²) in [7, 11) is 0. The SMILES string of the molecule is O=C(CSC1CCOCC1)C1CCOC1. The molecule has 0 aromatic heterocycles. The number of ether oxygens (including phenoxy) is 2. The maximum Gasteiger partial charge on any atom is 0.148 e. The molecule has 2 aliphatic heterocycles. The molecule has 2 rings (SSSR count). The Labute approximate surface area is 94.9 Å². The predicted octanol–water partition coefficient (Wildman–Crippen LogP) is 1.50. The number of carbonyl (C=O) groups is 1. The molecule has 0 aliphatic carbocycles. The van der Waals surface area contributed by atoms with Crippen LogP contribution in [0, 0.1) is 5.92 Å². The first kappa shape index (κ1) is 11.4. The van der Waals surface area contributed by atoms with E-state index in [9.17, 15) is 4.79 Å². The van der Waals surface area contributed by atoms with Gasteiger partial charge in [0.25, 0.3) is 0 Å². The monoisotopic (exact) mass is 230 g/mol. The van der Waals surface area contributed by atoms with Crippen molar-refractivity contribution in [2.24, 2.45) is 5.92 Å². The summed E-state index contributed by atoms with van der Waals surface area (Å²) in [5.74, 6) is 1.22. The fourth-order valence-corrected chi connectivity index (χ4v) is 3.11. The van der Waals surface area contributed by atoms with Crippen LogP contribution < -0.4 is 0 Å². The lowest BCUT2D eigenvalue weighted by molar-refractivity contribution is -0.120. The van der Waals surface area contributed by atoms with Gasteiger partial charge in [-0.3, -0.25) is 4.79 Å². The number of rotatable bonds is 4. The zero-order valence-corrected chi connectivity index (χ0v) is 9.76. The summed E-state index contributed by atoms with van der Waals surface area (Å²) in [5.41, 5.74) is 0. The van der Waals surface area contributed by atoms with Gasteiger partial charge in [-0.25, -0.2) is 0 Å². The zero-order chi connectivity index (χ0) is 10.5. The van der Waals surface area contributed by atoms with Gasteiger partial charge in [0.1, 0.15) is 5.78 Å². The molecule has 4 heteroatoms. The molecule has 0 N–H and O–H groups in total. The minimum atomic E-state index is 0.178. The van der Waals surface area contributed by atoms with Gasteiger partial charge in [0.15, 0.2) is 0 Å². The highest BCUT2D eigenvalue weighted by molar-refractivity contribution is 8.00. The Hall–Kier alpha value is -0.0600. The third kappa shape index (κ3) is 3.47. The first-order valence-electron chi connectivity index (χ1n) is 5.66. The summed E-state index contributed by atoms with van der Waals surface area (Å²) in [4.78, 5) is 11.8. The Morgan fingerprint density at radius 2 is 1.87 bits per heavy atom. The van der Waals surface area contributed by atoms with Crippen molar-refractivity contribution >= 4 is 17.5 Å². The van der Waals surface area contributed by atoms with Crippen molar-refractivity contribution < 1.29 is 14.3 Å². The van der Waals surface area contributed by atoms with Crippen molar-refractivity contribution in [2.45, 2.75) is 24.5 Å². The van der Waals surface area contributed by atoms with E-state index in [1.54, 1.807) is 0 Å². The number of hydrogen-bond donors (Lipinski definition) is 0. The van der Waals surface area contributed by atoms with Crippen LogP contribution in [0.4, 0.5) is 0 Å². The Kier molecular flexibility index (Phi) is 4.47.